The molecule has 0 atom stereocenters. The van der Waals surface area contributed by atoms with Crippen molar-refractivity contribution in [2.75, 3.05) is 5.75 Å². The lowest BCUT2D eigenvalue weighted by Crippen LogP contribution is -2.17. The van der Waals surface area contributed by atoms with Crippen LogP contribution in [0.15, 0.2) is 54.6 Å². The minimum Gasteiger partial charge on any atom is -0.488 e. The van der Waals surface area contributed by atoms with Crippen molar-refractivity contribution in [3.8, 4) is 5.75 Å². The Hall–Kier alpha value is -2.53. The van der Waals surface area contributed by atoms with Gasteiger partial charge in [-0.2, -0.15) is 0 Å². The quantitative estimate of drug-likeness (QED) is 0.326. The van der Waals surface area contributed by atoms with Crippen LogP contribution < -0.4 is 10.5 Å². The summed E-state index contributed by atoms with van der Waals surface area (Å²) in [5.74, 6) is -1.99. The van der Waals surface area contributed by atoms with Crippen molar-refractivity contribution in [3.63, 3.8) is 0 Å². The molecular formula is C25H24F2INO4S. The number of nitrogens with two attached hydrogens (primary N) is 1. The fourth-order valence-corrected chi connectivity index (χ4v) is 5.55. The number of ether oxygens (including phenoxy) is 1. The van der Waals surface area contributed by atoms with E-state index in [4.69, 9.17) is 10.5 Å². The van der Waals surface area contributed by atoms with Crippen molar-refractivity contribution < 1.29 is 26.7 Å². The van der Waals surface area contributed by atoms with E-state index in [1.165, 1.54) is 6.07 Å². The number of halogens is 3. The van der Waals surface area contributed by atoms with Gasteiger partial charge in [-0.1, -0.05) is 37.3 Å². The molecule has 0 aliphatic rings. The Morgan fingerprint density at radius 1 is 1.03 bits per heavy atom. The summed E-state index contributed by atoms with van der Waals surface area (Å²) in [6, 6.07) is 13.7. The number of benzene rings is 3. The number of amides is 1. The van der Waals surface area contributed by atoms with Crippen molar-refractivity contribution >= 4 is 38.3 Å². The predicted octanol–water partition coefficient (Wildman–Crippen LogP) is 5.16. The van der Waals surface area contributed by atoms with Gasteiger partial charge in [0.25, 0.3) is 5.91 Å². The van der Waals surface area contributed by atoms with Crippen LogP contribution in [0.5, 0.6) is 5.75 Å². The molecule has 3 aromatic carbocycles. The molecule has 34 heavy (non-hydrogen) atoms. The largest absolute Gasteiger partial charge is 0.488 e. The molecule has 0 aliphatic carbocycles. The highest BCUT2D eigenvalue weighted by Crippen LogP contribution is 2.28. The normalized spacial score (nSPS) is 11.4. The summed E-state index contributed by atoms with van der Waals surface area (Å²) in [6.45, 7) is 1.76. The monoisotopic (exact) mass is 599 g/mol. The molecule has 0 spiro atoms. The zero-order valence-corrected chi connectivity index (χ0v) is 21.5. The Labute approximate surface area is 211 Å². The second kappa shape index (κ2) is 11.3. The molecule has 0 saturated carbocycles. The van der Waals surface area contributed by atoms with Gasteiger partial charge in [-0.05, 0) is 69.5 Å². The second-order valence-electron chi connectivity index (χ2n) is 7.92. The Morgan fingerprint density at radius 3 is 2.44 bits per heavy atom. The lowest BCUT2D eigenvalue weighted by molar-refractivity contribution is 0.0995. The van der Waals surface area contributed by atoms with Crippen LogP contribution in [0.4, 0.5) is 8.78 Å². The number of primary amides is 1. The molecule has 180 valence electrons. The molecular weight excluding hydrogens is 575 g/mol. The maximum Gasteiger partial charge on any atom is 0.252 e. The Bertz CT molecular complexity index is 1310. The summed E-state index contributed by atoms with van der Waals surface area (Å²) in [7, 11) is -3.22. The lowest BCUT2D eigenvalue weighted by atomic mass is 9.98. The average Bonchev–Trinajstić information content (AvgIpc) is 2.73. The molecule has 3 aromatic rings. The molecule has 0 radical (unpaired) electrons. The summed E-state index contributed by atoms with van der Waals surface area (Å²) < 4.78 is 59.5. The summed E-state index contributed by atoms with van der Waals surface area (Å²) in [5, 5.41) is 0. The maximum atomic E-state index is 14.4. The van der Waals surface area contributed by atoms with E-state index in [2.05, 4.69) is 0 Å². The topological polar surface area (TPSA) is 86.5 Å². The van der Waals surface area contributed by atoms with Crippen LogP contribution in [-0.4, -0.2) is 20.1 Å². The van der Waals surface area contributed by atoms with E-state index in [0.29, 0.717) is 26.7 Å². The van der Waals surface area contributed by atoms with Gasteiger partial charge < -0.3 is 10.5 Å². The van der Waals surface area contributed by atoms with Crippen molar-refractivity contribution in [1.82, 2.24) is 0 Å². The van der Waals surface area contributed by atoms with E-state index < -0.39 is 27.4 Å². The van der Waals surface area contributed by atoms with Crippen LogP contribution in [-0.2, 0) is 28.6 Å². The van der Waals surface area contributed by atoms with E-state index in [9.17, 15) is 22.0 Å². The minimum atomic E-state index is -3.22. The number of hydrogen-bond donors (Lipinski definition) is 1. The number of rotatable bonds is 10. The number of carbonyl (C=O) groups is 1. The van der Waals surface area contributed by atoms with E-state index in [-0.39, 0.29) is 41.4 Å². The van der Waals surface area contributed by atoms with Gasteiger partial charge in [0.1, 0.15) is 24.0 Å². The zero-order valence-electron chi connectivity index (χ0n) is 18.5. The van der Waals surface area contributed by atoms with E-state index >= 15 is 0 Å². The number of carbonyl (C=O) groups excluding carboxylic acids is 1. The molecule has 0 fully saturated rings. The van der Waals surface area contributed by atoms with Gasteiger partial charge in [0.05, 0.1) is 17.1 Å². The molecule has 0 heterocycles. The van der Waals surface area contributed by atoms with Crippen molar-refractivity contribution in [2.45, 2.75) is 32.1 Å². The second-order valence-corrected chi connectivity index (χ2v) is 11.3. The van der Waals surface area contributed by atoms with E-state index in [0.717, 1.165) is 12.1 Å². The van der Waals surface area contributed by atoms with Gasteiger partial charge in [0.2, 0.25) is 0 Å². The highest BCUT2D eigenvalue weighted by atomic mass is 127. The van der Waals surface area contributed by atoms with Crippen LogP contribution in [0.2, 0.25) is 0 Å². The Balaban J connectivity index is 1.86. The van der Waals surface area contributed by atoms with Crippen molar-refractivity contribution in [2.24, 2.45) is 5.73 Å². The first kappa shape index (κ1) is 26.1. The Kier molecular flexibility index (Phi) is 8.64. The molecule has 3 rings (SSSR count). The summed E-state index contributed by atoms with van der Waals surface area (Å²) >= 11 is 1.98. The third kappa shape index (κ3) is 6.99. The van der Waals surface area contributed by atoms with Crippen LogP contribution in [0.3, 0.4) is 0 Å². The first-order chi connectivity index (χ1) is 16.1. The number of hydrogen-bond acceptors (Lipinski definition) is 4. The van der Waals surface area contributed by atoms with Crippen molar-refractivity contribution in [3.05, 3.63) is 97.6 Å². The van der Waals surface area contributed by atoms with Crippen LogP contribution >= 0.6 is 22.6 Å². The molecule has 0 bridgehead atoms. The number of sulfone groups is 1. The fourth-order valence-electron chi connectivity index (χ4n) is 3.65. The lowest BCUT2D eigenvalue weighted by Gasteiger charge is -2.15. The standard InChI is InChI=1S/C25H24F2INO4S/c1-2-8-34(31,32)15-17-5-3-4-16(9-17)14-33-23-12-20(26)11-19(24(23)25(29)30)10-18-6-7-21(28)13-22(18)27/h3-7,9,11-13H,2,8,10,14-15H2,1H3,(H2,29,30). The van der Waals surface area contributed by atoms with Gasteiger partial charge in [0, 0.05) is 16.1 Å². The van der Waals surface area contributed by atoms with Crippen LogP contribution in [0.25, 0.3) is 0 Å². The first-order valence-corrected chi connectivity index (χ1v) is 13.4. The highest BCUT2D eigenvalue weighted by Gasteiger charge is 2.19. The highest BCUT2D eigenvalue weighted by molar-refractivity contribution is 14.1. The third-order valence-corrected chi connectivity index (χ3v) is 7.55. The van der Waals surface area contributed by atoms with Gasteiger partial charge in [0.15, 0.2) is 9.84 Å². The molecule has 5 nitrogen and oxygen atoms in total. The Morgan fingerprint density at radius 2 is 1.76 bits per heavy atom. The third-order valence-electron chi connectivity index (χ3n) is 5.08. The summed E-state index contributed by atoms with van der Waals surface area (Å²) in [6.07, 6.45) is 0.495. The smallest absolute Gasteiger partial charge is 0.252 e. The van der Waals surface area contributed by atoms with Gasteiger partial charge >= 0.3 is 0 Å². The summed E-state index contributed by atoms with van der Waals surface area (Å²) in [4.78, 5) is 12.2. The fraction of sp³-hybridized carbons (Fsp3) is 0.240. The van der Waals surface area contributed by atoms with Crippen molar-refractivity contribution in [1.29, 1.82) is 0 Å². The first-order valence-electron chi connectivity index (χ1n) is 10.5. The zero-order chi connectivity index (χ0) is 24.9. The molecule has 0 unspecified atom stereocenters. The maximum absolute atomic E-state index is 14.4. The van der Waals surface area contributed by atoms with E-state index in [1.807, 2.05) is 22.6 Å². The van der Waals surface area contributed by atoms with Crippen LogP contribution in [0, 0.1) is 15.2 Å². The van der Waals surface area contributed by atoms with Gasteiger partial charge in [-0.3, -0.25) is 4.79 Å². The molecule has 2 N–H and O–H groups in total. The predicted molar refractivity (Wildman–Crippen MR) is 135 cm³/mol. The minimum absolute atomic E-state index is 0.0268. The van der Waals surface area contributed by atoms with E-state index in [1.54, 1.807) is 43.3 Å². The SMILES string of the molecule is CCCS(=O)(=O)Cc1cccc(COc2cc(F)cc(Cc3ccc(I)cc3F)c2C(N)=O)c1. The van der Waals surface area contributed by atoms with Gasteiger partial charge in [-0.15, -0.1) is 0 Å². The average molecular weight is 599 g/mol. The molecule has 0 aromatic heterocycles. The molecule has 0 aliphatic heterocycles. The molecule has 0 saturated heterocycles. The molecule has 9 heteroatoms. The molecule has 1 amide bonds. The van der Waals surface area contributed by atoms with Crippen LogP contribution in [0.1, 0.15) is 46.0 Å². The summed E-state index contributed by atoms with van der Waals surface area (Å²) in [5.41, 5.74) is 7.30. The van der Waals surface area contributed by atoms with Gasteiger partial charge in [-0.25, -0.2) is 17.2 Å².